The molecule has 1 atom stereocenters. The van der Waals surface area contributed by atoms with E-state index in [-0.39, 0.29) is 29.9 Å². The van der Waals surface area contributed by atoms with Gasteiger partial charge in [-0.25, -0.2) is 0 Å². The third-order valence-electron chi connectivity index (χ3n) is 7.95. The van der Waals surface area contributed by atoms with Gasteiger partial charge in [0, 0.05) is 31.6 Å². The molecule has 1 saturated heterocycles. The molecule has 2 aromatic carbocycles. The van der Waals surface area contributed by atoms with E-state index in [2.05, 4.69) is 29.6 Å². The number of benzene rings is 2. The maximum absolute atomic E-state index is 13.2. The molecule has 0 radical (unpaired) electrons. The Morgan fingerprint density at radius 3 is 2.64 bits per heavy atom. The fraction of sp³-hybridized carbons (Fsp3) is 0.481. The van der Waals surface area contributed by atoms with Crippen LogP contribution >= 0.6 is 0 Å². The van der Waals surface area contributed by atoms with Crippen LogP contribution < -0.4 is 14.8 Å². The molecule has 2 amide bonds. The predicted octanol–water partition coefficient (Wildman–Crippen LogP) is 3.99. The van der Waals surface area contributed by atoms with Crippen LogP contribution in [-0.4, -0.2) is 43.1 Å². The van der Waals surface area contributed by atoms with E-state index in [1.165, 1.54) is 24.0 Å². The minimum absolute atomic E-state index is 0.0467. The summed E-state index contributed by atoms with van der Waals surface area (Å²) in [6, 6.07) is 14.1. The zero-order chi connectivity index (χ0) is 22.4. The Bertz CT molecular complexity index is 1090. The van der Waals surface area contributed by atoms with Crippen molar-refractivity contribution < 1.29 is 19.1 Å². The number of nitrogens with zero attached hydrogens (tertiary/aromatic N) is 1. The molecule has 2 aliphatic carbocycles. The number of rotatable bonds is 5. The van der Waals surface area contributed by atoms with E-state index in [9.17, 15) is 9.59 Å². The van der Waals surface area contributed by atoms with Gasteiger partial charge < -0.3 is 19.7 Å². The van der Waals surface area contributed by atoms with Crippen molar-refractivity contribution in [1.82, 2.24) is 10.2 Å². The number of piperidine rings is 1. The van der Waals surface area contributed by atoms with E-state index < -0.39 is 0 Å². The number of nitrogens with one attached hydrogen (secondary N) is 1. The van der Waals surface area contributed by atoms with E-state index in [0.29, 0.717) is 29.4 Å². The average molecular weight is 447 g/mol. The van der Waals surface area contributed by atoms with E-state index in [1.54, 1.807) is 6.07 Å². The molecule has 4 aliphatic rings. The summed E-state index contributed by atoms with van der Waals surface area (Å²) < 4.78 is 10.8. The van der Waals surface area contributed by atoms with Crippen molar-refractivity contribution in [2.75, 3.05) is 26.4 Å². The van der Waals surface area contributed by atoms with Crippen LogP contribution in [0.3, 0.4) is 0 Å². The summed E-state index contributed by atoms with van der Waals surface area (Å²) >= 11 is 0. The van der Waals surface area contributed by atoms with E-state index >= 15 is 0 Å². The lowest BCUT2D eigenvalue weighted by Gasteiger charge is -2.40. The Morgan fingerprint density at radius 2 is 1.82 bits per heavy atom. The summed E-state index contributed by atoms with van der Waals surface area (Å²) in [5.41, 5.74) is 3.42. The standard InChI is InChI=1S/C27H30N2O4/c30-25(28-16-18-5-6-18)14-20-15-27(22-4-2-1-3-21(20)22)9-11-29(12-10-27)26(31)19-7-8-23-24(13-19)33-17-32-23/h1-4,7-8,13,18,20H,5-6,9-12,14-17H2,(H,28,30)/t20-/m1/s1. The largest absolute Gasteiger partial charge is 0.454 e. The predicted molar refractivity (Wildman–Crippen MR) is 124 cm³/mol. The lowest BCUT2D eigenvalue weighted by molar-refractivity contribution is -0.121. The van der Waals surface area contributed by atoms with E-state index in [4.69, 9.17) is 9.47 Å². The Hall–Kier alpha value is -3.02. The van der Waals surface area contributed by atoms with E-state index in [1.807, 2.05) is 17.0 Å². The van der Waals surface area contributed by atoms with Crippen LogP contribution in [0.15, 0.2) is 42.5 Å². The Balaban J connectivity index is 1.14. The Labute approximate surface area is 194 Å². The maximum Gasteiger partial charge on any atom is 0.253 e. The molecule has 0 aromatic heterocycles. The molecule has 0 unspecified atom stereocenters. The van der Waals surface area contributed by atoms with Crippen molar-refractivity contribution in [2.45, 2.75) is 49.9 Å². The van der Waals surface area contributed by atoms with Crippen LogP contribution in [0, 0.1) is 5.92 Å². The molecule has 2 heterocycles. The first-order valence-electron chi connectivity index (χ1n) is 12.2. The third-order valence-corrected chi connectivity index (χ3v) is 7.95. The first kappa shape index (κ1) is 20.6. The third kappa shape index (κ3) is 3.85. The molecule has 6 nitrogen and oxygen atoms in total. The van der Waals surface area contributed by atoms with Gasteiger partial charge in [0.05, 0.1) is 0 Å². The zero-order valence-corrected chi connectivity index (χ0v) is 18.8. The van der Waals surface area contributed by atoms with Crippen LogP contribution in [0.1, 0.15) is 65.9 Å². The Morgan fingerprint density at radius 1 is 1.03 bits per heavy atom. The van der Waals surface area contributed by atoms with Gasteiger partial charge in [-0.2, -0.15) is 0 Å². The summed E-state index contributed by atoms with van der Waals surface area (Å²) in [6.45, 7) is 2.48. The van der Waals surface area contributed by atoms with Gasteiger partial charge in [-0.3, -0.25) is 9.59 Å². The van der Waals surface area contributed by atoms with Crippen LogP contribution in [0.25, 0.3) is 0 Å². The second-order valence-corrected chi connectivity index (χ2v) is 10.1. The monoisotopic (exact) mass is 446 g/mol. The molecule has 2 aromatic rings. The molecule has 1 spiro atoms. The molecular weight excluding hydrogens is 416 g/mol. The lowest BCUT2D eigenvalue weighted by atomic mass is 9.73. The second-order valence-electron chi connectivity index (χ2n) is 10.1. The minimum Gasteiger partial charge on any atom is -0.454 e. The van der Waals surface area contributed by atoms with Crippen molar-refractivity contribution in [3.63, 3.8) is 0 Å². The lowest BCUT2D eigenvalue weighted by Crippen LogP contribution is -2.44. The molecule has 1 N–H and O–H groups in total. The van der Waals surface area contributed by atoms with Crippen molar-refractivity contribution in [1.29, 1.82) is 0 Å². The summed E-state index contributed by atoms with van der Waals surface area (Å²) in [6.07, 6.45) is 5.91. The van der Waals surface area contributed by atoms with Crippen LogP contribution in [0.5, 0.6) is 11.5 Å². The van der Waals surface area contributed by atoms with Gasteiger partial charge in [-0.15, -0.1) is 0 Å². The van der Waals surface area contributed by atoms with Crippen molar-refractivity contribution >= 4 is 11.8 Å². The molecule has 1 saturated carbocycles. The van der Waals surface area contributed by atoms with Gasteiger partial charge in [0.15, 0.2) is 11.5 Å². The summed E-state index contributed by atoms with van der Waals surface area (Å²) in [5, 5.41) is 3.14. The zero-order valence-electron chi connectivity index (χ0n) is 18.8. The highest BCUT2D eigenvalue weighted by atomic mass is 16.7. The normalized spacial score (nSPS) is 22.3. The van der Waals surface area contributed by atoms with Crippen molar-refractivity contribution in [3.05, 3.63) is 59.2 Å². The topological polar surface area (TPSA) is 67.9 Å². The first-order valence-corrected chi connectivity index (χ1v) is 12.2. The van der Waals surface area contributed by atoms with Crippen LogP contribution in [-0.2, 0) is 10.2 Å². The Kier molecular flexibility index (Phi) is 5.04. The number of carbonyl (C=O) groups excluding carboxylic acids is 2. The first-order chi connectivity index (χ1) is 16.1. The van der Waals surface area contributed by atoms with Gasteiger partial charge in [0.1, 0.15) is 0 Å². The minimum atomic E-state index is 0.0467. The number of ether oxygens (including phenoxy) is 2. The smallest absolute Gasteiger partial charge is 0.253 e. The molecule has 2 aliphatic heterocycles. The van der Waals surface area contributed by atoms with Crippen molar-refractivity contribution in [2.24, 2.45) is 5.92 Å². The number of hydrogen-bond acceptors (Lipinski definition) is 4. The highest BCUT2D eigenvalue weighted by Gasteiger charge is 2.46. The van der Waals surface area contributed by atoms with Gasteiger partial charge in [0.25, 0.3) is 5.91 Å². The SMILES string of the molecule is O=C(C[C@@H]1CC2(CCN(C(=O)c3ccc4c(c3)OCO4)CC2)c2ccccc21)NCC1CC1. The number of likely N-dealkylation sites (tertiary alicyclic amines) is 1. The average Bonchev–Trinajstić information content (AvgIpc) is 3.48. The van der Waals surface area contributed by atoms with Gasteiger partial charge in [0.2, 0.25) is 12.7 Å². The van der Waals surface area contributed by atoms with Gasteiger partial charge in [-0.05, 0) is 78.7 Å². The maximum atomic E-state index is 13.2. The fourth-order valence-electron chi connectivity index (χ4n) is 5.91. The second kappa shape index (κ2) is 8.08. The summed E-state index contributed by atoms with van der Waals surface area (Å²) in [7, 11) is 0. The van der Waals surface area contributed by atoms with Crippen LogP contribution in [0.2, 0.25) is 0 Å². The van der Waals surface area contributed by atoms with Gasteiger partial charge >= 0.3 is 0 Å². The molecule has 0 bridgehead atoms. The van der Waals surface area contributed by atoms with E-state index in [0.717, 1.165) is 38.9 Å². The van der Waals surface area contributed by atoms with Crippen LogP contribution in [0.4, 0.5) is 0 Å². The summed E-state index contributed by atoms with van der Waals surface area (Å²) in [4.78, 5) is 27.7. The van der Waals surface area contributed by atoms with Gasteiger partial charge in [-0.1, -0.05) is 24.3 Å². The highest BCUT2D eigenvalue weighted by Crippen LogP contribution is 2.52. The molecule has 6 rings (SSSR count). The number of hydrogen-bond donors (Lipinski definition) is 1. The van der Waals surface area contributed by atoms with Crippen molar-refractivity contribution in [3.8, 4) is 11.5 Å². The molecule has 33 heavy (non-hydrogen) atoms. The molecular formula is C27H30N2O4. The number of amides is 2. The quantitative estimate of drug-likeness (QED) is 0.754. The summed E-state index contributed by atoms with van der Waals surface area (Å²) in [5.74, 6) is 2.51. The molecule has 2 fully saturated rings. The molecule has 6 heteroatoms. The molecule has 172 valence electrons. The number of fused-ring (bicyclic) bond motifs is 3. The highest BCUT2D eigenvalue weighted by molar-refractivity contribution is 5.95. The number of carbonyl (C=O) groups is 2. The fourth-order valence-corrected chi connectivity index (χ4v) is 5.91.